The van der Waals surface area contributed by atoms with Gasteiger partial charge >= 0.3 is 6.18 Å². The summed E-state index contributed by atoms with van der Waals surface area (Å²) in [5, 5.41) is 12.1. The molecule has 5 aromatic rings. The molecule has 0 unspecified atom stereocenters. The van der Waals surface area contributed by atoms with Crippen molar-refractivity contribution in [1.82, 2.24) is 30.1 Å². The van der Waals surface area contributed by atoms with Crippen LogP contribution in [0.3, 0.4) is 0 Å². The summed E-state index contributed by atoms with van der Waals surface area (Å²) in [7, 11) is 0. The fourth-order valence-corrected chi connectivity index (χ4v) is 3.52. The quantitative estimate of drug-likeness (QED) is 0.321. The second-order valence-corrected chi connectivity index (χ2v) is 8.07. The predicted octanol–water partition coefficient (Wildman–Crippen LogP) is 5.64. The molecule has 0 fully saturated rings. The lowest BCUT2D eigenvalue weighted by Gasteiger charge is -2.06. The minimum Gasteiger partial charge on any atom is -0.441 e. The Labute approximate surface area is 197 Å². The Morgan fingerprint density at radius 3 is 2.43 bits per heavy atom. The van der Waals surface area contributed by atoms with Crippen molar-refractivity contribution in [2.75, 3.05) is 0 Å². The Morgan fingerprint density at radius 1 is 0.914 bits per heavy atom. The number of oxazole rings is 1. The number of rotatable bonds is 5. The number of hydrogen-bond acceptors (Lipinski definition) is 7. The second-order valence-electron chi connectivity index (χ2n) is 8.07. The minimum atomic E-state index is -4.47. The van der Waals surface area contributed by atoms with Crippen molar-refractivity contribution in [2.45, 2.75) is 33.5 Å². The van der Waals surface area contributed by atoms with Crippen molar-refractivity contribution in [2.24, 2.45) is 0 Å². The summed E-state index contributed by atoms with van der Waals surface area (Å²) >= 11 is 0. The lowest BCUT2D eigenvalue weighted by molar-refractivity contribution is -0.137. The van der Waals surface area contributed by atoms with E-state index in [9.17, 15) is 13.2 Å². The first-order valence-corrected chi connectivity index (χ1v) is 10.6. The Morgan fingerprint density at radius 2 is 1.69 bits per heavy atom. The lowest BCUT2D eigenvalue weighted by atomic mass is 10.1. The van der Waals surface area contributed by atoms with Crippen molar-refractivity contribution in [1.29, 1.82) is 0 Å². The molecule has 3 aromatic heterocycles. The standard InChI is InChI=1S/C24H19F3N6O2/c1-13-7-9-16(10-8-13)22-28-19(15(3)34-22)12-33-14(2)20(30-32-33)23-29-21(31-35-23)17-5-4-6-18(11-17)24(25,26)27/h4-11H,12H2,1-3H3. The average Bonchev–Trinajstić information content (AvgIpc) is 3.54. The van der Waals surface area contributed by atoms with E-state index >= 15 is 0 Å². The molecule has 8 nitrogen and oxygen atoms in total. The molecule has 0 N–H and O–H groups in total. The number of aromatic nitrogens is 6. The van der Waals surface area contributed by atoms with Crippen molar-refractivity contribution >= 4 is 0 Å². The second kappa shape index (κ2) is 8.49. The molecule has 0 aliphatic carbocycles. The highest BCUT2D eigenvalue weighted by molar-refractivity contribution is 5.59. The summed E-state index contributed by atoms with van der Waals surface area (Å²) in [4.78, 5) is 8.83. The molecule has 178 valence electrons. The molecule has 0 saturated carbocycles. The SMILES string of the molecule is Cc1ccc(-c2nc(Cn3nnc(-c4nc(-c5cccc(C(F)(F)F)c5)no4)c3C)c(C)o2)cc1. The molecule has 11 heteroatoms. The number of alkyl halides is 3. The minimum absolute atomic E-state index is 0.0233. The maximum atomic E-state index is 13.0. The first-order valence-electron chi connectivity index (χ1n) is 10.6. The van der Waals surface area contributed by atoms with Gasteiger partial charge in [-0.3, -0.25) is 0 Å². The molecule has 0 spiro atoms. The van der Waals surface area contributed by atoms with E-state index in [1.54, 1.807) is 11.6 Å². The van der Waals surface area contributed by atoms with Gasteiger partial charge in [0.1, 0.15) is 11.5 Å². The van der Waals surface area contributed by atoms with Crippen LogP contribution >= 0.6 is 0 Å². The van der Waals surface area contributed by atoms with Crippen molar-refractivity contribution in [3.8, 4) is 34.4 Å². The Kier molecular flexibility index (Phi) is 5.46. The highest BCUT2D eigenvalue weighted by Crippen LogP contribution is 2.32. The molecule has 0 bridgehead atoms. The molecule has 3 heterocycles. The first-order chi connectivity index (χ1) is 16.7. The normalized spacial score (nSPS) is 11.8. The third-order valence-electron chi connectivity index (χ3n) is 5.55. The molecule has 0 aliphatic heterocycles. The summed E-state index contributed by atoms with van der Waals surface area (Å²) in [5.74, 6) is 1.24. The fraction of sp³-hybridized carbons (Fsp3) is 0.208. The van der Waals surface area contributed by atoms with Crippen LogP contribution in [0.1, 0.15) is 28.3 Å². The van der Waals surface area contributed by atoms with Gasteiger partial charge in [0.2, 0.25) is 11.7 Å². The van der Waals surface area contributed by atoms with Crippen LogP contribution in [0, 0.1) is 20.8 Å². The molecule has 5 rings (SSSR count). The Bertz CT molecular complexity index is 1500. The third kappa shape index (κ3) is 4.44. The molecule has 35 heavy (non-hydrogen) atoms. The van der Waals surface area contributed by atoms with E-state index in [-0.39, 0.29) is 17.3 Å². The number of nitrogens with zero attached hydrogens (tertiary/aromatic N) is 6. The van der Waals surface area contributed by atoms with E-state index in [1.165, 1.54) is 12.1 Å². The van der Waals surface area contributed by atoms with Crippen LogP contribution in [-0.4, -0.2) is 30.1 Å². The lowest BCUT2D eigenvalue weighted by Crippen LogP contribution is -2.05. The highest BCUT2D eigenvalue weighted by Gasteiger charge is 2.31. The number of halogens is 3. The van der Waals surface area contributed by atoms with Crippen LogP contribution in [0.25, 0.3) is 34.4 Å². The molecular formula is C24H19F3N6O2. The van der Waals surface area contributed by atoms with E-state index in [4.69, 9.17) is 8.94 Å². The highest BCUT2D eigenvalue weighted by atomic mass is 19.4. The molecule has 0 atom stereocenters. The number of aryl methyl sites for hydroxylation is 2. The zero-order chi connectivity index (χ0) is 24.7. The van der Waals surface area contributed by atoms with Gasteiger partial charge in [-0.1, -0.05) is 40.2 Å². The van der Waals surface area contributed by atoms with Crippen molar-refractivity contribution in [3.05, 3.63) is 76.8 Å². The van der Waals surface area contributed by atoms with Crippen LogP contribution < -0.4 is 0 Å². The zero-order valence-corrected chi connectivity index (χ0v) is 19.0. The number of hydrogen-bond donors (Lipinski definition) is 0. The van der Waals surface area contributed by atoms with Gasteiger partial charge < -0.3 is 8.94 Å². The summed E-state index contributed by atoms with van der Waals surface area (Å²) in [6, 6.07) is 12.6. The largest absolute Gasteiger partial charge is 0.441 e. The van der Waals surface area contributed by atoms with Gasteiger partial charge in [-0.25, -0.2) is 9.67 Å². The van der Waals surface area contributed by atoms with E-state index in [1.807, 2.05) is 38.1 Å². The monoisotopic (exact) mass is 480 g/mol. The van der Waals surface area contributed by atoms with Gasteiger partial charge in [0, 0.05) is 11.1 Å². The molecule has 0 amide bonds. The Hall–Kier alpha value is -4.28. The summed E-state index contributed by atoms with van der Waals surface area (Å²) < 4.78 is 51.8. The summed E-state index contributed by atoms with van der Waals surface area (Å²) in [6.07, 6.45) is -4.47. The van der Waals surface area contributed by atoms with Gasteiger partial charge in [0.05, 0.1) is 17.8 Å². The predicted molar refractivity (Wildman–Crippen MR) is 119 cm³/mol. The Balaban J connectivity index is 1.39. The van der Waals surface area contributed by atoms with Crippen LogP contribution in [0.4, 0.5) is 13.2 Å². The topological polar surface area (TPSA) is 95.7 Å². The molecular weight excluding hydrogens is 461 g/mol. The summed E-state index contributed by atoms with van der Waals surface area (Å²) in [6.45, 7) is 5.91. The van der Waals surface area contributed by atoms with Crippen molar-refractivity contribution in [3.63, 3.8) is 0 Å². The van der Waals surface area contributed by atoms with Crippen LogP contribution in [0.15, 0.2) is 57.5 Å². The maximum absolute atomic E-state index is 13.0. The molecule has 2 aromatic carbocycles. The average molecular weight is 480 g/mol. The fourth-order valence-electron chi connectivity index (χ4n) is 3.52. The van der Waals surface area contributed by atoms with Crippen LogP contribution in [0.2, 0.25) is 0 Å². The van der Waals surface area contributed by atoms with Crippen LogP contribution in [0.5, 0.6) is 0 Å². The third-order valence-corrected chi connectivity index (χ3v) is 5.55. The van der Waals surface area contributed by atoms with E-state index in [0.29, 0.717) is 35.3 Å². The summed E-state index contributed by atoms with van der Waals surface area (Å²) in [5.41, 5.74) is 3.04. The maximum Gasteiger partial charge on any atom is 0.416 e. The smallest absolute Gasteiger partial charge is 0.416 e. The van der Waals surface area contributed by atoms with E-state index < -0.39 is 11.7 Å². The van der Waals surface area contributed by atoms with Gasteiger partial charge in [-0.15, -0.1) is 5.10 Å². The first kappa shape index (κ1) is 22.5. The van der Waals surface area contributed by atoms with Crippen LogP contribution in [-0.2, 0) is 12.7 Å². The molecule has 0 radical (unpaired) electrons. The van der Waals surface area contributed by atoms with Gasteiger partial charge in [0.25, 0.3) is 5.89 Å². The molecule has 0 saturated heterocycles. The zero-order valence-electron chi connectivity index (χ0n) is 19.0. The van der Waals surface area contributed by atoms with E-state index in [2.05, 4.69) is 25.4 Å². The van der Waals surface area contributed by atoms with Crippen molar-refractivity contribution < 1.29 is 22.1 Å². The molecule has 0 aliphatic rings. The number of benzene rings is 2. The van der Waals surface area contributed by atoms with Gasteiger partial charge in [-0.05, 0) is 45.0 Å². The van der Waals surface area contributed by atoms with Gasteiger partial charge in [0.15, 0.2) is 5.69 Å². The van der Waals surface area contributed by atoms with Gasteiger partial charge in [-0.2, -0.15) is 18.2 Å². The van der Waals surface area contributed by atoms with E-state index in [0.717, 1.165) is 23.3 Å².